The Balaban J connectivity index is 2.51. The van der Waals surface area contributed by atoms with Crippen LogP contribution in [0, 0.1) is 5.92 Å². The third kappa shape index (κ3) is 4.48. The molecule has 122 valence electrons. The maximum absolute atomic E-state index is 12.0. The Morgan fingerprint density at radius 2 is 1.62 bits per heavy atom. The van der Waals surface area contributed by atoms with Crippen LogP contribution < -0.4 is 0 Å². The third-order valence-electron chi connectivity index (χ3n) is 2.34. The minimum Gasteiger partial charge on any atom is -0.444 e. The van der Waals surface area contributed by atoms with E-state index in [1.54, 1.807) is 20.8 Å². The Kier molecular flexibility index (Phi) is 4.47. The van der Waals surface area contributed by atoms with Gasteiger partial charge in [0, 0.05) is 13.1 Å². The van der Waals surface area contributed by atoms with Crippen LogP contribution in [-0.2, 0) is 23.8 Å². The third-order valence-corrected chi connectivity index (χ3v) is 3.29. The summed E-state index contributed by atoms with van der Waals surface area (Å²) in [6.45, 7) is 4.33. The van der Waals surface area contributed by atoms with Gasteiger partial charge in [-0.25, -0.2) is 4.79 Å². The summed E-state index contributed by atoms with van der Waals surface area (Å²) in [7, 11) is -5.97. The Morgan fingerprint density at radius 1 is 1.14 bits per heavy atom. The van der Waals surface area contributed by atoms with E-state index >= 15 is 0 Å². The first-order valence-corrected chi connectivity index (χ1v) is 7.16. The predicted molar refractivity (Wildman–Crippen MR) is 62.4 cm³/mol. The summed E-state index contributed by atoms with van der Waals surface area (Å²) in [5.41, 5.74) is -6.43. The van der Waals surface area contributed by atoms with E-state index in [0.29, 0.717) is 0 Å². The van der Waals surface area contributed by atoms with E-state index in [4.69, 9.17) is 4.74 Å². The number of amides is 1. The van der Waals surface area contributed by atoms with Crippen molar-refractivity contribution in [2.45, 2.75) is 31.9 Å². The average Bonchev–Trinajstić information content (AvgIpc) is 2.07. The zero-order chi connectivity index (χ0) is 16.6. The monoisotopic (exact) mass is 333 g/mol. The van der Waals surface area contributed by atoms with Gasteiger partial charge in [0.25, 0.3) is 0 Å². The standard InChI is InChI=1S/C10H14F3NO6S/c1-9(2,3)19-8(16)14-4-6(5-14)7(15)20-21(17,18)10(11,12)13/h6H,4-5H2,1-3H3. The molecule has 0 bridgehead atoms. The molecule has 1 aliphatic heterocycles. The number of carbonyl (C=O) groups is 2. The molecule has 1 amide bonds. The van der Waals surface area contributed by atoms with E-state index in [-0.39, 0.29) is 13.1 Å². The van der Waals surface area contributed by atoms with Crippen molar-refractivity contribution >= 4 is 22.2 Å². The molecule has 0 spiro atoms. The molecule has 1 heterocycles. The molecule has 1 saturated heterocycles. The van der Waals surface area contributed by atoms with Crippen LogP contribution in [0.5, 0.6) is 0 Å². The number of halogens is 3. The van der Waals surface area contributed by atoms with Crippen molar-refractivity contribution in [3.05, 3.63) is 0 Å². The summed E-state index contributed by atoms with van der Waals surface area (Å²) < 4.78 is 65.8. The van der Waals surface area contributed by atoms with Crippen molar-refractivity contribution in [2.24, 2.45) is 5.92 Å². The van der Waals surface area contributed by atoms with Crippen LogP contribution in [0.1, 0.15) is 20.8 Å². The molecular formula is C10H14F3NO6S. The van der Waals surface area contributed by atoms with Crippen molar-refractivity contribution in [1.82, 2.24) is 4.90 Å². The first-order chi connectivity index (χ1) is 9.23. The molecule has 0 radical (unpaired) electrons. The lowest BCUT2D eigenvalue weighted by Crippen LogP contribution is -2.55. The van der Waals surface area contributed by atoms with Gasteiger partial charge in [-0.15, -0.1) is 0 Å². The lowest BCUT2D eigenvalue weighted by atomic mass is 10.0. The van der Waals surface area contributed by atoms with Crippen molar-refractivity contribution < 1.29 is 40.1 Å². The van der Waals surface area contributed by atoms with Crippen LogP contribution in [-0.4, -0.2) is 49.6 Å². The minimum atomic E-state index is -5.97. The van der Waals surface area contributed by atoms with E-state index < -0.39 is 39.2 Å². The second-order valence-electron chi connectivity index (χ2n) is 5.38. The van der Waals surface area contributed by atoms with Crippen LogP contribution in [0.4, 0.5) is 18.0 Å². The number of ether oxygens (including phenoxy) is 1. The van der Waals surface area contributed by atoms with E-state index in [2.05, 4.69) is 4.18 Å². The summed E-state index contributed by atoms with van der Waals surface area (Å²) in [5.74, 6) is -2.68. The summed E-state index contributed by atoms with van der Waals surface area (Å²) in [6, 6.07) is 0. The molecule has 1 aliphatic rings. The Labute approximate surface area is 119 Å². The van der Waals surface area contributed by atoms with Gasteiger partial charge in [0.05, 0.1) is 5.92 Å². The number of rotatable bonds is 2. The number of nitrogens with zero attached hydrogens (tertiary/aromatic N) is 1. The number of likely N-dealkylation sites (tertiary alicyclic amines) is 1. The first kappa shape index (κ1) is 17.5. The molecule has 0 saturated carbocycles. The van der Waals surface area contributed by atoms with Gasteiger partial charge in [0.1, 0.15) is 5.60 Å². The fourth-order valence-corrected chi connectivity index (χ4v) is 1.77. The van der Waals surface area contributed by atoms with Crippen molar-refractivity contribution in [3.63, 3.8) is 0 Å². The van der Waals surface area contributed by atoms with Crippen molar-refractivity contribution in [2.75, 3.05) is 13.1 Å². The highest BCUT2D eigenvalue weighted by Crippen LogP contribution is 2.27. The van der Waals surface area contributed by atoms with Gasteiger partial charge in [-0.05, 0) is 20.8 Å². The SMILES string of the molecule is CC(C)(C)OC(=O)N1CC(C(=O)OS(=O)(=O)C(F)(F)F)C1. The van der Waals surface area contributed by atoms with Gasteiger partial charge in [-0.3, -0.25) is 4.79 Å². The number of hydrogen-bond donors (Lipinski definition) is 0. The summed E-state index contributed by atoms with van der Waals surface area (Å²) in [4.78, 5) is 23.8. The first-order valence-electron chi connectivity index (χ1n) is 5.75. The highest BCUT2D eigenvalue weighted by Gasteiger charge is 2.51. The molecule has 21 heavy (non-hydrogen) atoms. The smallest absolute Gasteiger partial charge is 0.444 e. The van der Waals surface area contributed by atoms with Crippen LogP contribution >= 0.6 is 0 Å². The van der Waals surface area contributed by atoms with E-state index in [9.17, 15) is 31.2 Å². The van der Waals surface area contributed by atoms with E-state index in [1.165, 1.54) is 0 Å². The van der Waals surface area contributed by atoms with Gasteiger partial charge in [-0.2, -0.15) is 21.6 Å². The molecule has 0 aliphatic carbocycles. The summed E-state index contributed by atoms with van der Waals surface area (Å²) >= 11 is 0. The minimum absolute atomic E-state index is 0.263. The van der Waals surface area contributed by atoms with E-state index in [0.717, 1.165) is 4.90 Å². The summed E-state index contributed by atoms with van der Waals surface area (Å²) in [5, 5.41) is 0. The van der Waals surface area contributed by atoms with Gasteiger partial charge in [-0.1, -0.05) is 0 Å². The molecule has 0 N–H and O–H groups in total. The second-order valence-corrected chi connectivity index (χ2v) is 6.92. The number of hydrogen-bond acceptors (Lipinski definition) is 6. The average molecular weight is 333 g/mol. The zero-order valence-electron chi connectivity index (χ0n) is 11.4. The molecule has 0 aromatic heterocycles. The summed E-state index contributed by atoms with van der Waals surface area (Å²) in [6.07, 6.45) is -0.745. The van der Waals surface area contributed by atoms with Crippen molar-refractivity contribution in [1.29, 1.82) is 0 Å². The van der Waals surface area contributed by atoms with Gasteiger partial charge in [0.15, 0.2) is 0 Å². The molecule has 11 heteroatoms. The largest absolute Gasteiger partial charge is 0.534 e. The second kappa shape index (κ2) is 5.35. The maximum atomic E-state index is 12.0. The fraction of sp³-hybridized carbons (Fsp3) is 0.800. The van der Waals surface area contributed by atoms with Crippen LogP contribution in [0.15, 0.2) is 0 Å². The van der Waals surface area contributed by atoms with Crippen LogP contribution in [0.2, 0.25) is 0 Å². The van der Waals surface area contributed by atoms with Gasteiger partial charge in [0.2, 0.25) is 0 Å². The predicted octanol–water partition coefficient (Wildman–Crippen LogP) is 1.25. The zero-order valence-corrected chi connectivity index (χ0v) is 12.2. The fourth-order valence-electron chi connectivity index (χ4n) is 1.33. The maximum Gasteiger partial charge on any atom is 0.534 e. The number of carbonyl (C=O) groups excluding carboxylic acids is 2. The quantitative estimate of drug-likeness (QED) is 0.558. The van der Waals surface area contributed by atoms with Gasteiger partial charge >= 0.3 is 27.7 Å². The molecular weight excluding hydrogens is 319 g/mol. The van der Waals surface area contributed by atoms with Crippen LogP contribution in [0.3, 0.4) is 0 Å². The highest BCUT2D eigenvalue weighted by atomic mass is 32.2. The molecule has 0 unspecified atom stereocenters. The Morgan fingerprint density at radius 3 is 2.00 bits per heavy atom. The Bertz CT molecular complexity index is 530. The topological polar surface area (TPSA) is 90.0 Å². The van der Waals surface area contributed by atoms with Gasteiger partial charge < -0.3 is 13.8 Å². The molecule has 1 rings (SSSR count). The molecule has 1 fully saturated rings. The lowest BCUT2D eigenvalue weighted by molar-refractivity contribution is -0.145. The lowest BCUT2D eigenvalue weighted by Gasteiger charge is -2.37. The molecule has 0 atom stereocenters. The molecule has 0 aromatic carbocycles. The molecule has 0 aromatic rings. The number of alkyl halides is 3. The highest BCUT2D eigenvalue weighted by molar-refractivity contribution is 7.88. The Hall–Kier alpha value is -1.52. The normalized spacial score (nSPS) is 17.1. The van der Waals surface area contributed by atoms with Crippen LogP contribution in [0.25, 0.3) is 0 Å². The van der Waals surface area contributed by atoms with E-state index in [1.807, 2.05) is 0 Å². The molecule has 7 nitrogen and oxygen atoms in total. The van der Waals surface area contributed by atoms with Crippen molar-refractivity contribution in [3.8, 4) is 0 Å².